The molecule has 1 aliphatic heterocycles. The Bertz CT molecular complexity index is 491. The second-order valence-corrected chi connectivity index (χ2v) is 7.14. The van der Waals surface area contributed by atoms with Gasteiger partial charge in [-0.05, 0) is 50.3 Å². The maximum atomic E-state index is 11.8. The van der Waals surface area contributed by atoms with Crippen molar-refractivity contribution in [2.24, 2.45) is 11.8 Å². The smallest absolute Gasteiger partial charge is 0.249 e. The van der Waals surface area contributed by atoms with E-state index in [4.69, 9.17) is 0 Å². The second-order valence-electron chi connectivity index (χ2n) is 7.14. The molecular weight excluding hydrogens is 288 g/mol. The molecule has 0 radical (unpaired) electrons. The lowest BCUT2D eigenvalue weighted by molar-refractivity contribution is -0.131. The molecule has 1 aromatic rings. The van der Waals surface area contributed by atoms with E-state index in [1.165, 1.54) is 11.1 Å². The van der Waals surface area contributed by atoms with Crippen LogP contribution in [-0.4, -0.2) is 41.7 Å². The van der Waals surface area contributed by atoms with Gasteiger partial charge in [0.1, 0.15) is 6.10 Å². The number of carbonyl (C=O) groups excluding carboxylic acids is 1. The summed E-state index contributed by atoms with van der Waals surface area (Å²) < 4.78 is 0. The predicted octanol–water partition coefficient (Wildman–Crippen LogP) is 2.34. The standard InChI is InChI=1S/C19H30N2O2/c1-14(2)18(22)19(23)20-12-16-8-10-21(11-9-16)13-17-6-4-15(3)5-7-17/h4-7,14,16,18,22H,8-13H2,1-3H3,(H,20,23)/t18-/m1/s1. The summed E-state index contributed by atoms with van der Waals surface area (Å²) in [6.45, 7) is 9.65. The van der Waals surface area contributed by atoms with E-state index in [9.17, 15) is 9.90 Å². The zero-order valence-electron chi connectivity index (χ0n) is 14.6. The van der Waals surface area contributed by atoms with Crippen molar-refractivity contribution in [2.75, 3.05) is 19.6 Å². The predicted molar refractivity (Wildman–Crippen MR) is 93.0 cm³/mol. The van der Waals surface area contributed by atoms with Gasteiger partial charge in [-0.15, -0.1) is 0 Å². The minimum absolute atomic E-state index is 0.0358. The molecule has 2 N–H and O–H groups in total. The summed E-state index contributed by atoms with van der Waals surface area (Å²) >= 11 is 0. The van der Waals surface area contributed by atoms with E-state index < -0.39 is 6.10 Å². The molecule has 0 unspecified atom stereocenters. The third kappa shape index (κ3) is 5.63. The molecule has 4 nitrogen and oxygen atoms in total. The first kappa shape index (κ1) is 18.0. The van der Waals surface area contributed by atoms with E-state index >= 15 is 0 Å². The molecular formula is C19H30N2O2. The highest BCUT2D eigenvalue weighted by Crippen LogP contribution is 2.18. The average molecular weight is 318 g/mol. The van der Waals surface area contributed by atoms with E-state index in [0.29, 0.717) is 12.5 Å². The van der Waals surface area contributed by atoms with Gasteiger partial charge in [0.25, 0.3) is 0 Å². The van der Waals surface area contributed by atoms with Gasteiger partial charge in [-0.3, -0.25) is 9.69 Å². The summed E-state index contributed by atoms with van der Waals surface area (Å²) in [7, 11) is 0. The Morgan fingerprint density at radius 2 is 1.87 bits per heavy atom. The van der Waals surface area contributed by atoms with Gasteiger partial charge in [-0.25, -0.2) is 0 Å². The van der Waals surface area contributed by atoms with Crippen LogP contribution in [0.5, 0.6) is 0 Å². The Hall–Kier alpha value is -1.39. The highest BCUT2D eigenvalue weighted by Gasteiger charge is 2.22. The summed E-state index contributed by atoms with van der Waals surface area (Å²) in [6, 6.07) is 8.74. The number of piperidine rings is 1. The number of aryl methyl sites for hydroxylation is 1. The average Bonchev–Trinajstić information content (AvgIpc) is 2.55. The van der Waals surface area contributed by atoms with Crippen molar-refractivity contribution in [3.8, 4) is 0 Å². The maximum Gasteiger partial charge on any atom is 0.249 e. The normalized spacial score (nSPS) is 18.1. The molecule has 1 amide bonds. The fourth-order valence-corrected chi connectivity index (χ4v) is 2.95. The Balaban J connectivity index is 1.69. The third-order valence-corrected chi connectivity index (χ3v) is 4.70. The lowest BCUT2D eigenvalue weighted by Crippen LogP contribution is -2.42. The van der Waals surface area contributed by atoms with Crippen LogP contribution in [-0.2, 0) is 11.3 Å². The zero-order valence-corrected chi connectivity index (χ0v) is 14.6. The Morgan fingerprint density at radius 3 is 2.43 bits per heavy atom. The monoisotopic (exact) mass is 318 g/mol. The van der Waals surface area contributed by atoms with Gasteiger partial charge in [0, 0.05) is 13.1 Å². The van der Waals surface area contributed by atoms with Crippen molar-refractivity contribution >= 4 is 5.91 Å². The third-order valence-electron chi connectivity index (χ3n) is 4.70. The molecule has 128 valence electrons. The van der Waals surface area contributed by atoms with Gasteiger partial charge in [0.15, 0.2) is 0 Å². The van der Waals surface area contributed by atoms with Gasteiger partial charge in [0.2, 0.25) is 5.91 Å². The van der Waals surface area contributed by atoms with Gasteiger partial charge < -0.3 is 10.4 Å². The topological polar surface area (TPSA) is 52.6 Å². The fraction of sp³-hybridized carbons (Fsp3) is 0.632. The van der Waals surface area contributed by atoms with Crippen LogP contribution >= 0.6 is 0 Å². The van der Waals surface area contributed by atoms with Crippen LogP contribution < -0.4 is 5.32 Å². The Labute approximate surface area is 139 Å². The molecule has 4 heteroatoms. The van der Waals surface area contributed by atoms with E-state index in [2.05, 4.69) is 41.4 Å². The van der Waals surface area contributed by atoms with Crippen molar-refractivity contribution in [1.29, 1.82) is 0 Å². The lowest BCUT2D eigenvalue weighted by Gasteiger charge is -2.32. The van der Waals surface area contributed by atoms with Crippen LogP contribution in [0.15, 0.2) is 24.3 Å². The van der Waals surface area contributed by atoms with Crippen molar-refractivity contribution in [1.82, 2.24) is 10.2 Å². The van der Waals surface area contributed by atoms with Crippen molar-refractivity contribution in [3.05, 3.63) is 35.4 Å². The summed E-state index contributed by atoms with van der Waals surface area (Å²) in [5.41, 5.74) is 2.66. The van der Waals surface area contributed by atoms with Gasteiger partial charge in [0.05, 0.1) is 0 Å². The molecule has 0 saturated carbocycles. The number of hydrogen-bond donors (Lipinski definition) is 2. The number of carbonyl (C=O) groups is 1. The molecule has 0 aliphatic carbocycles. The van der Waals surface area contributed by atoms with Gasteiger partial charge in [-0.2, -0.15) is 0 Å². The van der Waals surface area contributed by atoms with E-state index in [1.807, 2.05) is 13.8 Å². The Morgan fingerprint density at radius 1 is 1.26 bits per heavy atom. The number of likely N-dealkylation sites (tertiary alicyclic amines) is 1. The molecule has 0 aromatic heterocycles. The molecule has 23 heavy (non-hydrogen) atoms. The van der Waals surface area contributed by atoms with Crippen LogP contribution in [0.3, 0.4) is 0 Å². The lowest BCUT2D eigenvalue weighted by atomic mass is 9.96. The minimum Gasteiger partial charge on any atom is -0.383 e. The van der Waals surface area contributed by atoms with Crippen LogP contribution in [0.25, 0.3) is 0 Å². The molecule has 1 fully saturated rings. The Kier molecular flexibility index (Phi) is 6.60. The summed E-state index contributed by atoms with van der Waals surface area (Å²) in [6.07, 6.45) is 1.31. The van der Waals surface area contributed by atoms with Crippen LogP contribution in [0.1, 0.15) is 37.8 Å². The first-order valence-electron chi connectivity index (χ1n) is 8.69. The maximum absolute atomic E-state index is 11.8. The SMILES string of the molecule is Cc1ccc(CN2CCC(CNC(=O)[C@H](O)C(C)C)CC2)cc1. The van der Waals surface area contributed by atoms with Crippen LogP contribution in [0.2, 0.25) is 0 Å². The summed E-state index contributed by atoms with van der Waals surface area (Å²) in [5.74, 6) is 0.251. The van der Waals surface area contributed by atoms with Crippen LogP contribution in [0.4, 0.5) is 0 Å². The van der Waals surface area contributed by atoms with E-state index in [1.54, 1.807) is 0 Å². The number of hydrogen-bond acceptors (Lipinski definition) is 3. The molecule has 1 aliphatic rings. The summed E-state index contributed by atoms with van der Waals surface area (Å²) in [4.78, 5) is 14.3. The van der Waals surface area contributed by atoms with E-state index in [0.717, 1.165) is 32.5 Å². The van der Waals surface area contributed by atoms with Gasteiger partial charge in [-0.1, -0.05) is 43.7 Å². The number of nitrogens with one attached hydrogen (secondary N) is 1. The van der Waals surface area contributed by atoms with E-state index in [-0.39, 0.29) is 11.8 Å². The highest BCUT2D eigenvalue weighted by molar-refractivity contribution is 5.80. The quantitative estimate of drug-likeness (QED) is 0.846. The molecule has 0 bridgehead atoms. The molecule has 0 spiro atoms. The fourth-order valence-electron chi connectivity index (χ4n) is 2.95. The first-order valence-corrected chi connectivity index (χ1v) is 8.69. The number of benzene rings is 1. The van der Waals surface area contributed by atoms with Crippen molar-refractivity contribution in [2.45, 2.75) is 46.3 Å². The second kappa shape index (κ2) is 8.46. The van der Waals surface area contributed by atoms with Crippen molar-refractivity contribution < 1.29 is 9.90 Å². The number of amides is 1. The summed E-state index contributed by atoms with van der Waals surface area (Å²) in [5, 5.41) is 12.6. The number of rotatable bonds is 6. The largest absolute Gasteiger partial charge is 0.383 e. The van der Waals surface area contributed by atoms with Crippen LogP contribution in [0, 0.1) is 18.8 Å². The number of nitrogens with zero attached hydrogens (tertiary/aromatic N) is 1. The first-order chi connectivity index (χ1) is 11.0. The molecule has 1 heterocycles. The van der Waals surface area contributed by atoms with Crippen molar-refractivity contribution in [3.63, 3.8) is 0 Å². The molecule has 1 aromatic carbocycles. The number of aliphatic hydroxyl groups is 1. The van der Waals surface area contributed by atoms with Gasteiger partial charge >= 0.3 is 0 Å². The number of aliphatic hydroxyl groups excluding tert-OH is 1. The highest BCUT2D eigenvalue weighted by atomic mass is 16.3. The molecule has 1 atom stereocenters. The molecule has 2 rings (SSSR count). The molecule has 1 saturated heterocycles. The zero-order chi connectivity index (χ0) is 16.8. The minimum atomic E-state index is -0.892.